The van der Waals surface area contributed by atoms with Crippen molar-refractivity contribution in [1.29, 1.82) is 0 Å². The van der Waals surface area contributed by atoms with Crippen molar-refractivity contribution in [3.05, 3.63) is 65.5 Å². The lowest BCUT2D eigenvalue weighted by Gasteiger charge is -2.11. The van der Waals surface area contributed by atoms with Gasteiger partial charge in [0.1, 0.15) is 0 Å². The van der Waals surface area contributed by atoms with Crippen molar-refractivity contribution in [2.75, 3.05) is 13.6 Å². The van der Waals surface area contributed by atoms with Gasteiger partial charge in [0.25, 0.3) is 0 Å². The van der Waals surface area contributed by atoms with E-state index >= 15 is 0 Å². The number of benzene rings is 2. The van der Waals surface area contributed by atoms with Gasteiger partial charge in [-0.15, -0.1) is 0 Å². The van der Waals surface area contributed by atoms with Gasteiger partial charge in [-0.2, -0.15) is 0 Å². The number of rotatable bonds is 6. The van der Waals surface area contributed by atoms with E-state index < -0.39 is 0 Å². The van der Waals surface area contributed by atoms with Crippen molar-refractivity contribution in [3.8, 4) is 0 Å². The molecule has 26 heavy (non-hydrogen) atoms. The van der Waals surface area contributed by atoms with E-state index in [1.165, 1.54) is 16.3 Å². The molecule has 0 saturated carbocycles. The third kappa shape index (κ3) is 4.42. The standard InChI is InChI=1S/C21H26N4O/c1-15(2)20-13-18(26-25-20)14-24-21(22-3)23-12-11-17-9-6-8-16-7-4-5-10-19(16)17/h4-10,13,15H,11-12,14H2,1-3H3,(H2,22,23,24). The van der Waals surface area contributed by atoms with Crippen LogP contribution in [0.4, 0.5) is 0 Å². The number of hydrogen-bond donors (Lipinski definition) is 2. The van der Waals surface area contributed by atoms with Gasteiger partial charge in [0.2, 0.25) is 0 Å². The van der Waals surface area contributed by atoms with Gasteiger partial charge in [0.15, 0.2) is 11.7 Å². The first-order valence-corrected chi connectivity index (χ1v) is 9.04. The van der Waals surface area contributed by atoms with Gasteiger partial charge in [-0.1, -0.05) is 61.5 Å². The molecule has 0 spiro atoms. The second kappa shape index (κ2) is 8.52. The van der Waals surface area contributed by atoms with E-state index in [0.717, 1.165) is 30.4 Å². The molecular weight excluding hydrogens is 324 g/mol. The smallest absolute Gasteiger partial charge is 0.191 e. The normalized spacial score (nSPS) is 11.9. The molecular formula is C21H26N4O. The summed E-state index contributed by atoms with van der Waals surface area (Å²) in [4.78, 5) is 4.27. The maximum absolute atomic E-state index is 5.35. The first-order valence-electron chi connectivity index (χ1n) is 9.04. The van der Waals surface area contributed by atoms with Gasteiger partial charge in [0.05, 0.1) is 12.2 Å². The van der Waals surface area contributed by atoms with Crippen molar-refractivity contribution in [2.24, 2.45) is 4.99 Å². The molecule has 2 aromatic carbocycles. The number of aromatic nitrogens is 1. The lowest BCUT2D eigenvalue weighted by atomic mass is 10.0. The van der Waals surface area contributed by atoms with Crippen LogP contribution in [0.15, 0.2) is 58.0 Å². The Morgan fingerprint density at radius 3 is 2.69 bits per heavy atom. The molecule has 136 valence electrons. The Hall–Kier alpha value is -2.82. The summed E-state index contributed by atoms with van der Waals surface area (Å²) < 4.78 is 5.35. The summed E-state index contributed by atoms with van der Waals surface area (Å²) in [5.41, 5.74) is 2.31. The zero-order valence-corrected chi connectivity index (χ0v) is 15.6. The summed E-state index contributed by atoms with van der Waals surface area (Å²) in [6.45, 7) is 5.57. The minimum absolute atomic E-state index is 0.366. The van der Waals surface area contributed by atoms with Crippen LogP contribution in [0.5, 0.6) is 0 Å². The van der Waals surface area contributed by atoms with Gasteiger partial charge < -0.3 is 15.2 Å². The van der Waals surface area contributed by atoms with Crippen molar-refractivity contribution in [3.63, 3.8) is 0 Å². The Bertz CT molecular complexity index is 877. The van der Waals surface area contributed by atoms with Crippen LogP contribution in [0.3, 0.4) is 0 Å². The Labute approximate surface area is 154 Å². The molecule has 0 atom stereocenters. The predicted octanol–water partition coefficient (Wildman–Crippen LogP) is 3.86. The molecule has 1 heterocycles. The Morgan fingerprint density at radius 1 is 1.12 bits per heavy atom. The Morgan fingerprint density at radius 2 is 1.92 bits per heavy atom. The lowest BCUT2D eigenvalue weighted by molar-refractivity contribution is 0.372. The molecule has 0 fully saturated rings. The number of aliphatic imine (C=N–C) groups is 1. The fraction of sp³-hybridized carbons (Fsp3) is 0.333. The molecule has 0 bridgehead atoms. The van der Waals surface area contributed by atoms with E-state index in [9.17, 15) is 0 Å². The molecule has 0 unspecified atom stereocenters. The summed E-state index contributed by atoms with van der Waals surface area (Å²) in [5, 5.41) is 13.3. The van der Waals surface area contributed by atoms with Crippen LogP contribution in [0.2, 0.25) is 0 Å². The highest BCUT2D eigenvalue weighted by Gasteiger charge is 2.08. The molecule has 3 aromatic rings. The van der Waals surface area contributed by atoms with E-state index in [1.54, 1.807) is 7.05 Å². The zero-order chi connectivity index (χ0) is 18.4. The van der Waals surface area contributed by atoms with Crippen molar-refractivity contribution >= 4 is 16.7 Å². The largest absolute Gasteiger partial charge is 0.359 e. The van der Waals surface area contributed by atoms with E-state index in [-0.39, 0.29) is 0 Å². The van der Waals surface area contributed by atoms with Gasteiger partial charge in [-0.25, -0.2) is 0 Å². The molecule has 3 rings (SSSR count). The van der Waals surface area contributed by atoms with E-state index in [0.29, 0.717) is 12.5 Å². The van der Waals surface area contributed by atoms with Crippen LogP contribution >= 0.6 is 0 Å². The van der Waals surface area contributed by atoms with E-state index in [2.05, 4.69) is 77.1 Å². The summed E-state index contributed by atoms with van der Waals surface area (Å²) in [6.07, 6.45) is 0.932. The van der Waals surface area contributed by atoms with Crippen molar-refractivity contribution in [1.82, 2.24) is 15.8 Å². The number of guanidine groups is 1. The van der Waals surface area contributed by atoms with Crippen LogP contribution in [0, 0.1) is 0 Å². The first kappa shape index (κ1) is 18.0. The van der Waals surface area contributed by atoms with Crippen molar-refractivity contribution < 1.29 is 4.52 Å². The van der Waals surface area contributed by atoms with Crippen LogP contribution < -0.4 is 10.6 Å². The van der Waals surface area contributed by atoms with Gasteiger partial charge in [0, 0.05) is 19.7 Å². The quantitative estimate of drug-likeness (QED) is 0.523. The number of hydrogen-bond acceptors (Lipinski definition) is 3. The minimum Gasteiger partial charge on any atom is -0.359 e. The summed E-state index contributed by atoms with van der Waals surface area (Å²) in [7, 11) is 1.77. The molecule has 0 aliphatic carbocycles. The van der Waals surface area contributed by atoms with Crippen molar-refractivity contribution in [2.45, 2.75) is 32.7 Å². The highest BCUT2D eigenvalue weighted by Crippen LogP contribution is 2.18. The molecule has 0 aliphatic rings. The highest BCUT2D eigenvalue weighted by atomic mass is 16.5. The maximum Gasteiger partial charge on any atom is 0.191 e. The topological polar surface area (TPSA) is 62.5 Å². The van der Waals surface area contributed by atoms with Gasteiger partial charge in [-0.05, 0) is 28.7 Å². The first-order chi connectivity index (χ1) is 12.7. The molecule has 1 aromatic heterocycles. The lowest BCUT2D eigenvalue weighted by Crippen LogP contribution is -2.37. The van der Waals surface area contributed by atoms with Crippen LogP contribution in [0.1, 0.15) is 36.8 Å². The SMILES string of the molecule is CN=C(NCCc1cccc2ccccc12)NCc1cc(C(C)C)no1. The second-order valence-corrected chi connectivity index (χ2v) is 6.61. The predicted molar refractivity (Wildman–Crippen MR) is 106 cm³/mol. The minimum atomic E-state index is 0.366. The molecule has 0 radical (unpaired) electrons. The molecule has 5 nitrogen and oxygen atoms in total. The summed E-state index contributed by atoms with van der Waals surface area (Å²) >= 11 is 0. The Balaban J connectivity index is 1.52. The summed E-state index contributed by atoms with van der Waals surface area (Å²) in [5.74, 6) is 1.93. The average Bonchev–Trinajstić information content (AvgIpc) is 3.14. The molecule has 2 N–H and O–H groups in total. The average molecular weight is 350 g/mol. The fourth-order valence-electron chi connectivity index (χ4n) is 2.90. The van der Waals surface area contributed by atoms with Crippen LogP contribution in [-0.4, -0.2) is 24.7 Å². The van der Waals surface area contributed by atoms with Crippen LogP contribution in [-0.2, 0) is 13.0 Å². The third-order valence-corrected chi connectivity index (χ3v) is 4.39. The number of nitrogens with zero attached hydrogens (tertiary/aromatic N) is 2. The molecule has 0 amide bonds. The molecule has 0 aliphatic heterocycles. The fourth-order valence-corrected chi connectivity index (χ4v) is 2.90. The monoisotopic (exact) mass is 350 g/mol. The van der Waals surface area contributed by atoms with Crippen LogP contribution in [0.25, 0.3) is 10.8 Å². The number of nitrogens with one attached hydrogen (secondary N) is 2. The maximum atomic E-state index is 5.35. The number of fused-ring (bicyclic) bond motifs is 1. The summed E-state index contributed by atoms with van der Waals surface area (Å²) in [6, 6.07) is 16.9. The van der Waals surface area contributed by atoms with Gasteiger partial charge >= 0.3 is 0 Å². The zero-order valence-electron chi connectivity index (χ0n) is 15.6. The second-order valence-electron chi connectivity index (χ2n) is 6.61. The molecule has 0 saturated heterocycles. The Kier molecular flexibility index (Phi) is 5.89. The van der Waals surface area contributed by atoms with E-state index in [1.807, 2.05) is 6.07 Å². The molecule has 5 heteroatoms. The third-order valence-electron chi connectivity index (χ3n) is 4.39. The van der Waals surface area contributed by atoms with E-state index in [4.69, 9.17) is 4.52 Å². The highest BCUT2D eigenvalue weighted by molar-refractivity contribution is 5.85. The van der Waals surface area contributed by atoms with Gasteiger partial charge in [-0.3, -0.25) is 4.99 Å².